The number of hydrogen-bond acceptors (Lipinski definition) is 3. The zero-order chi connectivity index (χ0) is 19.4. The van der Waals surface area contributed by atoms with E-state index in [1.807, 2.05) is 0 Å². The van der Waals surface area contributed by atoms with Crippen LogP contribution in [0.4, 0.5) is 8.78 Å². The van der Waals surface area contributed by atoms with Gasteiger partial charge < -0.3 is 15.1 Å². The first-order valence-electron chi connectivity index (χ1n) is 9.25. The molecule has 0 aromatic heterocycles. The Labute approximate surface area is 156 Å². The summed E-state index contributed by atoms with van der Waals surface area (Å²) >= 11 is 0. The van der Waals surface area contributed by atoms with Gasteiger partial charge in [0.05, 0.1) is 6.54 Å². The number of halogens is 2. The van der Waals surface area contributed by atoms with Gasteiger partial charge in [-0.25, -0.2) is 8.78 Å². The minimum Gasteiger partial charge on any atom is -0.347 e. The lowest BCUT2D eigenvalue weighted by Crippen LogP contribution is -2.52. The third-order valence-corrected chi connectivity index (χ3v) is 5.23. The third kappa shape index (κ3) is 4.61. The lowest BCUT2D eigenvalue weighted by Gasteiger charge is -2.35. The van der Waals surface area contributed by atoms with Crippen molar-refractivity contribution in [3.63, 3.8) is 0 Å². The molecule has 0 unspecified atom stereocenters. The van der Waals surface area contributed by atoms with Crippen molar-refractivity contribution in [1.82, 2.24) is 15.1 Å². The van der Waals surface area contributed by atoms with Crippen molar-refractivity contribution in [2.45, 2.75) is 25.7 Å². The number of benzene rings is 1. The second-order valence-corrected chi connectivity index (χ2v) is 7.00. The van der Waals surface area contributed by atoms with Gasteiger partial charge >= 0.3 is 0 Å². The maximum Gasteiger partial charge on any atom is 0.254 e. The molecule has 6 nitrogen and oxygen atoms in total. The van der Waals surface area contributed by atoms with Gasteiger partial charge in [0.2, 0.25) is 11.8 Å². The van der Waals surface area contributed by atoms with E-state index < -0.39 is 17.5 Å². The van der Waals surface area contributed by atoms with Crippen LogP contribution in [0.1, 0.15) is 36.0 Å². The molecule has 8 heteroatoms. The van der Waals surface area contributed by atoms with Crippen molar-refractivity contribution in [2.75, 3.05) is 32.7 Å². The monoisotopic (exact) mass is 379 g/mol. The van der Waals surface area contributed by atoms with Gasteiger partial charge in [0.15, 0.2) is 11.6 Å². The molecule has 1 aromatic carbocycles. The summed E-state index contributed by atoms with van der Waals surface area (Å²) < 4.78 is 26.3. The second kappa shape index (κ2) is 8.45. The quantitative estimate of drug-likeness (QED) is 0.863. The lowest BCUT2D eigenvalue weighted by molar-refractivity contribution is -0.134. The average molecular weight is 379 g/mol. The Morgan fingerprint density at radius 1 is 0.963 bits per heavy atom. The molecular formula is C19H23F2N3O3. The van der Waals surface area contributed by atoms with Crippen LogP contribution in [-0.4, -0.2) is 60.2 Å². The van der Waals surface area contributed by atoms with E-state index >= 15 is 0 Å². The van der Waals surface area contributed by atoms with Crippen LogP contribution in [0.2, 0.25) is 0 Å². The Hall–Kier alpha value is -2.51. The number of rotatable bonds is 4. The summed E-state index contributed by atoms with van der Waals surface area (Å²) in [4.78, 5) is 39.7. The zero-order valence-electron chi connectivity index (χ0n) is 15.0. The maximum absolute atomic E-state index is 13.3. The highest BCUT2D eigenvalue weighted by Gasteiger charge is 2.27. The maximum atomic E-state index is 13.3. The number of nitrogens with zero attached hydrogens (tertiary/aromatic N) is 2. The van der Waals surface area contributed by atoms with Gasteiger partial charge in [0.1, 0.15) is 0 Å². The summed E-state index contributed by atoms with van der Waals surface area (Å²) in [5.41, 5.74) is 0.0810. The molecule has 0 atom stereocenters. The number of hydrogen-bond donors (Lipinski definition) is 1. The second-order valence-electron chi connectivity index (χ2n) is 7.00. The summed E-state index contributed by atoms with van der Waals surface area (Å²) in [6.45, 7) is 1.26. The number of carbonyl (C=O) groups is 3. The number of carbonyl (C=O) groups excluding carboxylic acids is 3. The summed E-state index contributed by atoms with van der Waals surface area (Å²) in [5, 5.41) is 2.71. The fourth-order valence-corrected chi connectivity index (χ4v) is 3.58. The van der Waals surface area contributed by atoms with Crippen LogP contribution in [0.3, 0.4) is 0 Å². The Morgan fingerprint density at radius 3 is 2.22 bits per heavy atom. The minimum atomic E-state index is -1.06. The Balaban J connectivity index is 1.46. The van der Waals surface area contributed by atoms with Crippen molar-refractivity contribution in [1.29, 1.82) is 0 Å². The van der Waals surface area contributed by atoms with Gasteiger partial charge in [-0.1, -0.05) is 12.8 Å². The highest BCUT2D eigenvalue weighted by Crippen LogP contribution is 2.24. The van der Waals surface area contributed by atoms with E-state index in [4.69, 9.17) is 0 Å². The van der Waals surface area contributed by atoms with E-state index in [1.165, 1.54) is 11.0 Å². The molecule has 1 aliphatic heterocycles. The van der Waals surface area contributed by atoms with Crippen LogP contribution in [0.25, 0.3) is 0 Å². The lowest BCUT2D eigenvalue weighted by atomic mass is 10.1. The topological polar surface area (TPSA) is 69.7 Å². The van der Waals surface area contributed by atoms with Crippen molar-refractivity contribution < 1.29 is 23.2 Å². The predicted molar refractivity (Wildman–Crippen MR) is 93.8 cm³/mol. The highest BCUT2D eigenvalue weighted by molar-refractivity contribution is 5.94. The molecule has 1 aromatic rings. The summed E-state index contributed by atoms with van der Waals surface area (Å²) in [7, 11) is 0. The van der Waals surface area contributed by atoms with Gasteiger partial charge in [-0.05, 0) is 31.0 Å². The van der Waals surface area contributed by atoms with E-state index in [2.05, 4.69) is 5.32 Å². The molecular weight excluding hydrogens is 356 g/mol. The molecule has 1 heterocycles. The molecule has 0 bridgehead atoms. The molecule has 2 fully saturated rings. The van der Waals surface area contributed by atoms with E-state index in [0.29, 0.717) is 26.2 Å². The third-order valence-electron chi connectivity index (χ3n) is 5.23. The van der Waals surface area contributed by atoms with Crippen LogP contribution in [0.15, 0.2) is 18.2 Å². The first kappa shape index (κ1) is 19.3. The largest absolute Gasteiger partial charge is 0.347 e. The van der Waals surface area contributed by atoms with E-state index in [9.17, 15) is 23.2 Å². The van der Waals surface area contributed by atoms with Crippen LogP contribution in [0.5, 0.6) is 0 Å². The molecule has 146 valence electrons. The fourth-order valence-electron chi connectivity index (χ4n) is 3.58. The summed E-state index contributed by atoms with van der Waals surface area (Å²) in [6, 6.07) is 3.06. The molecule has 1 N–H and O–H groups in total. The van der Waals surface area contributed by atoms with Crippen LogP contribution in [-0.2, 0) is 9.59 Å². The standard InChI is InChI=1S/C19H23F2N3O3/c20-15-6-5-14(11-16(15)21)19(27)24-9-7-23(8-10-24)17(25)12-22-18(26)13-3-1-2-4-13/h5-6,11,13H,1-4,7-10,12H2,(H,22,26). The van der Waals surface area contributed by atoms with Crippen molar-refractivity contribution in [2.24, 2.45) is 5.92 Å². The van der Waals surface area contributed by atoms with Crippen LogP contribution >= 0.6 is 0 Å². The molecule has 1 aliphatic carbocycles. The van der Waals surface area contributed by atoms with Gasteiger partial charge in [-0.3, -0.25) is 14.4 Å². The minimum absolute atomic E-state index is 0.0170. The van der Waals surface area contributed by atoms with E-state index in [1.54, 1.807) is 4.90 Å². The predicted octanol–water partition coefficient (Wildman–Crippen LogP) is 1.56. The van der Waals surface area contributed by atoms with Crippen molar-refractivity contribution >= 4 is 17.7 Å². The molecule has 27 heavy (non-hydrogen) atoms. The molecule has 2 aliphatic rings. The molecule has 0 radical (unpaired) electrons. The molecule has 0 spiro atoms. The average Bonchev–Trinajstić information content (AvgIpc) is 3.22. The summed E-state index contributed by atoms with van der Waals surface area (Å²) in [6.07, 6.45) is 3.87. The smallest absolute Gasteiger partial charge is 0.254 e. The fraction of sp³-hybridized carbons (Fsp3) is 0.526. The van der Waals surface area contributed by atoms with Gasteiger partial charge in [-0.2, -0.15) is 0 Å². The van der Waals surface area contributed by atoms with Gasteiger partial charge in [0, 0.05) is 37.7 Å². The molecule has 3 rings (SSSR count). The highest BCUT2D eigenvalue weighted by atomic mass is 19.2. The van der Waals surface area contributed by atoms with Gasteiger partial charge in [-0.15, -0.1) is 0 Å². The normalized spacial score (nSPS) is 17.9. The molecule has 3 amide bonds. The Kier molecular flexibility index (Phi) is 6.03. The van der Waals surface area contributed by atoms with Crippen molar-refractivity contribution in [3.8, 4) is 0 Å². The van der Waals surface area contributed by atoms with Gasteiger partial charge in [0.25, 0.3) is 5.91 Å². The summed E-state index contributed by atoms with van der Waals surface area (Å²) in [5.74, 6) is -2.68. The number of nitrogens with one attached hydrogen (secondary N) is 1. The van der Waals surface area contributed by atoms with Crippen molar-refractivity contribution in [3.05, 3.63) is 35.4 Å². The molecule has 1 saturated carbocycles. The first-order chi connectivity index (χ1) is 13.0. The number of amides is 3. The van der Waals surface area contributed by atoms with Crippen LogP contribution < -0.4 is 5.32 Å². The van der Waals surface area contributed by atoms with E-state index in [-0.39, 0.29) is 29.8 Å². The Morgan fingerprint density at radius 2 is 1.59 bits per heavy atom. The van der Waals surface area contributed by atoms with Crippen LogP contribution in [0, 0.1) is 17.6 Å². The zero-order valence-corrected chi connectivity index (χ0v) is 15.0. The van der Waals surface area contributed by atoms with E-state index in [0.717, 1.165) is 37.8 Å². The first-order valence-corrected chi connectivity index (χ1v) is 9.25. The SMILES string of the molecule is O=C(NCC(=O)N1CCN(C(=O)c2ccc(F)c(F)c2)CC1)C1CCCC1. The number of piperazine rings is 1. The molecule has 1 saturated heterocycles. The Bertz CT molecular complexity index is 727.